The number of fused-ring (bicyclic) bond motifs is 4. The number of piperazine rings is 1. The summed E-state index contributed by atoms with van der Waals surface area (Å²) in [5.74, 6) is 2.26. The molecule has 0 radical (unpaired) electrons. The summed E-state index contributed by atoms with van der Waals surface area (Å²) in [7, 11) is 1.65. The minimum Gasteiger partial charge on any atom is -0.496 e. The molecule has 1 unspecified atom stereocenters. The van der Waals surface area contributed by atoms with E-state index in [0.29, 0.717) is 19.0 Å². The lowest BCUT2D eigenvalue weighted by molar-refractivity contribution is -0.243. The van der Waals surface area contributed by atoms with E-state index in [2.05, 4.69) is 25.8 Å². The molecule has 0 saturated carbocycles. The first-order valence-corrected chi connectivity index (χ1v) is 16.8. The van der Waals surface area contributed by atoms with Gasteiger partial charge in [0.1, 0.15) is 11.3 Å². The van der Waals surface area contributed by atoms with Crippen LogP contribution in [0, 0.1) is 6.92 Å². The Kier molecular flexibility index (Phi) is 7.52. The standard InChI is InChI=1S/C33H39N9O4S/c1-19-22-16-35-42(25(22)13-24(36-19)23-15-34-7-6-26(23)44-5)28-14-27-29(30(37-28)39-8-10-45-11-9-39)38-31(47-27)40-17-21-12-20(40)18-41(21)32(43)46-33(2,3)4/h6-7,13-16,20-21,32,43H,8-12,17-18H2,1-5H3/t20-,21-,32?/m1/s1. The summed E-state index contributed by atoms with van der Waals surface area (Å²) in [5.41, 5.74) is 3.80. The first-order chi connectivity index (χ1) is 22.7. The summed E-state index contributed by atoms with van der Waals surface area (Å²) in [6, 6.07) is 6.42. The van der Waals surface area contributed by atoms with Crippen LogP contribution in [0.2, 0.25) is 0 Å². The third kappa shape index (κ3) is 5.47. The Morgan fingerprint density at radius 3 is 2.64 bits per heavy atom. The van der Waals surface area contributed by atoms with Crippen molar-refractivity contribution in [3.63, 3.8) is 0 Å². The number of aryl methyl sites for hydroxylation is 1. The molecule has 0 aliphatic carbocycles. The molecule has 0 amide bonds. The first kappa shape index (κ1) is 30.4. The second kappa shape index (κ2) is 11.6. The SMILES string of the molecule is COc1ccncc1-c1cc2c(cnn2-c2cc3sc(N4C[C@H]5C[C@@H]4CN5C(O)OC(C)(C)C)nc3c(N3CCOCC3)n2)c(C)n1. The topological polar surface area (TPSA) is 127 Å². The van der Waals surface area contributed by atoms with Crippen molar-refractivity contribution in [2.24, 2.45) is 0 Å². The Morgan fingerprint density at radius 1 is 1.06 bits per heavy atom. The fourth-order valence-corrected chi connectivity index (χ4v) is 8.03. The van der Waals surface area contributed by atoms with Gasteiger partial charge in [-0.25, -0.2) is 19.5 Å². The molecular formula is C33H39N9O4S. The summed E-state index contributed by atoms with van der Waals surface area (Å²) in [4.78, 5) is 26.4. The number of aliphatic hydroxyl groups excluding tert-OH is 1. The van der Waals surface area contributed by atoms with Crippen LogP contribution in [-0.2, 0) is 9.47 Å². The molecule has 13 nitrogen and oxygen atoms in total. The Bertz CT molecular complexity index is 1950. The number of methoxy groups -OCH3 is 1. The fraction of sp³-hybridized carbons (Fsp3) is 0.485. The van der Waals surface area contributed by atoms with E-state index in [1.165, 1.54) is 0 Å². The lowest BCUT2D eigenvalue weighted by Crippen LogP contribution is -2.52. The van der Waals surface area contributed by atoms with E-state index in [1.54, 1.807) is 30.8 Å². The molecule has 5 aromatic heterocycles. The monoisotopic (exact) mass is 657 g/mol. The molecule has 14 heteroatoms. The zero-order chi connectivity index (χ0) is 32.4. The highest BCUT2D eigenvalue weighted by Crippen LogP contribution is 2.42. The molecule has 3 atom stereocenters. The lowest BCUT2D eigenvalue weighted by atomic mass is 10.1. The number of aromatic nitrogens is 6. The second-order valence-corrected chi connectivity index (χ2v) is 14.4. The van der Waals surface area contributed by atoms with Gasteiger partial charge in [-0.3, -0.25) is 9.97 Å². The van der Waals surface area contributed by atoms with Crippen molar-refractivity contribution in [1.82, 2.24) is 34.6 Å². The van der Waals surface area contributed by atoms with E-state index < -0.39 is 12.0 Å². The zero-order valence-electron chi connectivity index (χ0n) is 27.3. The van der Waals surface area contributed by atoms with Crippen molar-refractivity contribution in [1.29, 1.82) is 0 Å². The van der Waals surface area contributed by atoms with Crippen molar-refractivity contribution in [3.8, 4) is 22.8 Å². The van der Waals surface area contributed by atoms with Crippen LogP contribution in [0.5, 0.6) is 5.75 Å². The van der Waals surface area contributed by atoms with Crippen molar-refractivity contribution >= 4 is 43.4 Å². The van der Waals surface area contributed by atoms with Gasteiger partial charge in [0, 0.05) is 67.8 Å². The van der Waals surface area contributed by atoms with E-state index in [1.807, 2.05) is 50.7 Å². The number of ether oxygens (including phenoxy) is 3. The predicted octanol–water partition coefficient (Wildman–Crippen LogP) is 3.99. The number of morpholine rings is 1. The number of pyridine rings is 3. The average molecular weight is 658 g/mol. The molecular weight excluding hydrogens is 618 g/mol. The normalized spacial score (nSPS) is 21.0. The number of aliphatic hydroxyl groups is 1. The lowest BCUT2D eigenvalue weighted by Gasteiger charge is -2.38. The summed E-state index contributed by atoms with van der Waals surface area (Å²) in [6.07, 6.45) is 5.39. The smallest absolute Gasteiger partial charge is 0.216 e. The van der Waals surface area contributed by atoms with Crippen LogP contribution in [0.3, 0.4) is 0 Å². The van der Waals surface area contributed by atoms with E-state index in [4.69, 9.17) is 34.3 Å². The molecule has 0 aromatic carbocycles. The number of nitrogens with zero attached hydrogens (tertiary/aromatic N) is 9. The summed E-state index contributed by atoms with van der Waals surface area (Å²) < 4.78 is 20.1. The van der Waals surface area contributed by atoms with Gasteiger partial charge in [0.2, 0.25) is 6.41 Å². The summed E-state index contributed by atoms with van der Waals surface area (Å²) in [6.45, 7) is 12.2. The number of rotatable bonds is 7. The minimum atomic E-state index is -0.912. The Balaban J connectivity index is 1.18. The molecule has 1 N–H and O–H groups in total. The van der Waals surface area contributed by atoms with Crippen LogP contribution in [0.15, 0.2) is 36.8 Å². The van der Waals surface area contributed by atoms with Gasteiger partial charge < -0.3 is 29.1 Å². The Morgan fingerprint density at radius 2 is 1.89 bits per heavy atom. The molecule has 3 aliphatic rings. The number of thiazole rings is 1. The van der Waals surface area contributed by atoms with Crippen LogP contribution < -0.4 is 14.5 Å². The predicted molar refractivity (Wildman–Crippen MR) is 180 cm³/mol. The van der Waals surface area contributed by atoms with Crippen LogP contribution in [0.1, 0.15) is 32.9 Å². The highest BCUT2D eigenvalue weighted by molar-refractivity contribution is 7.22. The third-order valence-electron chi connectivity index (χ3n) is 9.17. The first-order valence-electron chi connectivity index (χ1n) is 16.0. The van der Waals surface area contributed by atoms with Crippen molar-refractivity contribution < 1.29 is 19.3 Å². The molecule has 3 fully saturated rings. The fourth-order valence-electron chi connectivity index (χ4n) is 6.95. The van der Waals surface area contributed by atoms with Crippen LogP contribution >= 0.6 is 11.3 Å². The molecule has 246 valence electrons. The van der Waals surface area contributed by atoms with Gasteiger partial charge in [-0.1, -0.05) is 11.3 Å². The van der Waals surface area contributed by atoms with Gasteiger partial charge in [-0.05, 0) is 46.2 Å². The molecule has 5 aromatic rings. The van der Waals surface area contributed by atoms with Gasteiger partial charge in [-0.15, -0.1) is 0 Å². The Labute approximate surface area is 276 Å². The molecule has 2 bridgehead atoms. The zero-order valence-corrected chi connectivity index (χ0v) is 28.1. The molecule has 8 rings (SSSR count). The van der Waals surface area contributed by atoms with Crippen LogP contribution in [0.25, 0.3) is 38.2 Å². The highest BCUT2D eigenvalue weighted by atomic mass is 32.1. The molecule has 8 heterocycles. The number of hydrogen-bond acceptors (Lipinski definition) is 13. The molecule has 47 heavy (non-hydrogen) atoms. The quantitative estimate of drug-likeness (QED) is 0.254. The van der Waals surface area contributed by atoms with Gasteiger partial charge in [0.25, 0.3) is 0 Å². The van der Waals surface area contributed by atoms with E-state index in [9.17, 15) is 5.11 Å². The van der Waals surface area contributed by atoms with E-state index >= 15 is 0 Å². The summed E-state index contributed by atoms with van der Waals surface area (Å²) in [5, 5.41) is 17.6. The maximum atomic E-state index is 10.8. The van der Waals surface area contributed by atoms with Crippen LogP contribution in [0.4, 0.5) is 10.9 Å². The molecule has 3 saturated heterocycles. The van der Waals surface area contributed by atoms with Gasteiger partial charge >= 0.3 is 0 Å². The van der Waals surface area contributed by atoms with Crippen LogP contribution in [-0.4, -0.2) is 110 Å². The highest BCUT2D eigenvalue weighted by Gasteiger charge is 2.47. The maximum Gasteiger partial charge on any atom is 0.216 e. The molecule has 3 aliphatic heterocycles. The maximum absolute atomic E-state index is 10.8. The van der Waals surface area contributed by atoms with E-state index in [-0.39, 0.29) is 12.1 Å². The Hall–Kier alpha value is -3.95. The second-order valence-electron chi connectivity index (χ2n) is 13.4. The largest absolute Gasteiger partial charge is 0.496 e. The third-order valence-corrected chi connectivity index (χ3v) is 10.2. The van der Waals surface area contributed by atoms with Gasteiger partial charge in [-0.2, -0.15) is 5.10 Å². The van der Waals surface area contributed by atoms with Crippen molar-refractivity contribution in [2.75, 3.05) is 56.3 Å². The average Bonchev–Trinajstić information content (AvgIpc) is 3.86. The minimum absolute atomic E-state index is 0.205. The summed E-state index contributed by atoms with van der Waals surface area (Å²) >= 11 is 1.68. The molecule has 0 spiro atoms. The number of likely N-dealkylation sites (tertiary alicyclic amines) is 1. The van der Waals surface area contributed by atoms with E-state index in [0.717, 1.165) is 87.4 Å². The van der Waals surface area contributed by atoms with Crippen molar-refractivity contribution in [2.45, 2.75) is 58.2 Å². The number of hydrogen-bond donors (Lipinski definition) is 1. The van der Waals surface area contributed by atoms with Gasteiger partial charge in [0.05, 0.1) is 53.6 Å². The van der Waals surface area contributed by atoms with Crippen molar-refractivity contribution in [3.05, 3.63) is 42.5 Å². The number of anilines is 2. The van der Waals surface area contributed by atoms with Gasteiger partial charge in [0.15, 0.2) is 16.8 Å².